The van der Waals surface area contributed by atoms with Gasteiger partial charge in [-0.2, -0.15) is 0 Å². The van der Waals surface area contributed by atoms with Crippen LogP contribution in [0.15, 0.2) is 48.5 Å². The smallest absolute Gasteiger partial charge is 0.337 e. The minimum Gasteiger partial charge on any atom is -0.465 e. The average molecular weight is 357 g/mol. The van der Waals surface area contributed by atoms with E-state index < -0.39 is 8.32 Å². The van der Waals surface area contributed by atoms with Gasteiger partial charge in [0.1, 0.15) is 0 Å². The Morgan fingerprint density at radius 1 is 0.920 bits per heavy atom. The van der Waals surface area contributed by atoms with E-state index in [1.165, 1.54) is 12.7 Å². The van der Waals surface area contributed by atoms with Crippen LogP contribution < -0.4 is 0 Å². The molecule has 2 aromatic carbocycles. The van der Waals surface area contributed by atoms with Gasteiger partial charge in [0.15, 0.2) is 8.32 Å². The molecule has 0 aromatic heterocycles. The van der Waals surface area contributed by atoms with E-state index in [2.05, 4.69) is 58.1 Å². The van der Waals surface area contributed by atoms with Crippen molar-refractivity contribution in [3.63, 3.8) is 0 Å². The van der Waals surface area contributed by atoms with Crippen LogP contribution in [-0.2, 0) is 15.8 Å². The minimum atomic E-state index is -1.73. The van der Waals surface area contributed by atoms with Gasteiger partial charge in [0, 0.05) is 0 Å². The summed E-state index contributed by atoms with van der Waals surface area (Å²) in [5.74, 6) is -0.315. The maximum atomic E-state index is 11.5. The zero-order chi connectivity index (χ0) is 18.7. The summed E-state index contributed by atoms with van der Waals surface area (Å²) >= 11 is 0. The minimum absolute atomic E-state index is 0.217. The number of ether oxygens (including phenoxy) is 1. The Balaban J connectivity index is 2.06. The number of carbonyl (C=O) groups excluding carboxylic acids is 1. The molecule has 0 aliphatic rings. The van der Waals surface area contributed by atoms with E-state index in [1.54, 1.807) is 12.1 Å². The molecule has 0 saturated heterocycles. The Hall–Kier alpha value is -1.91. The van der Waals surface area contributed by atoms with Gasteiger partial charge >= 0.3 is 5.97 Å². The number of methoxy groups -OCH3 is 1. The second kappa shape index (κ2) is 7.54. The van der Waals surface area contributed by atoms with Gasteiger partial charge in [-0.05, 0) is 47.0 Å². The molecule has 134 valence electrons. The fourth-order valence-corrected chi connectivity index (χ4v) is 3.15. The van der Waals surface area contributed by atoms with E-state index >= 15 is 0 Å². The predicted octanol–water partition coefficient (Wildman–Crippen LogP) is 5.66. The van der Waals surface area contributed by atoms with Crippen molar-refractivity contribution in [3.05, 3.63) is 59.7 Å². The van der Waals surface area contributed by atoms with E-state index in [4.69, 9.17) is 9.16 Å². The van der Waals surface area contributed by atoms with E-state index in [1.807, 2.05) is 12.1 Å². The van der Waals surface area contributed by atoms with Crippen LogP contribution >= 0.6 is 0 Å². The Kier molecular flexibility index (Phi) is 5.86. The summed E-state index contributed by atoms with van der Waals surface area (Å²) in [5, 5.41) is 0.217. The lowest BCUT2D eigenvalue weighted by atomic mass is 10.0. The molecule has 0 N–H and O–H groups in total. The van der Waals surface area contributed by atoms with Gasteiger partial charge in [0.05, 0.1) is 19.3 Å². The van der Waals surface area contributed by atoms with Gasteiger partial charge < -0.3 is 9.16 Å². The van der Waals surface area contributed by atoms with Crippen molar-refractivity contribution in [2.45, 2.75) is 45.5 Å². The van der Waals surface area contributed by atoms with Gasteiger partial charge in [-0.25, -0.2) is 4.79 Å². The molecule has 0 unspecified atom stereocenters. The standard InChI is InChI=1S/C21H28O3Si/c1-21(2,3)25(5,6)24-15-16-7-9-17(10-8-16)18-11-13-19(14-12-18)20(22)23-4/h7-14H,15H2,1-6H3. The van der Waals surface area contributed by atoms with Crippen molar-refractivity contribution in [1.29, 1.82) is 0 Å². The fraction of sp³-hybridized carbons (Fsp3) is 0.381. The number of hydrogen-bond acceptors (Lipinski definition) is 3. The third-order valence-electron chi connectivity index (χ3n) is 5.00. The second-order valence-corrected chi connectivity index (χ2v) is 12.6. The molecule has 0 atom stereocenters. The molecule has 0 bridgehead atoms. The molecule has 0 heterocycles. The number of hydrogen-bond donors (Lipinski definition) is 0. The molecule has 4 heteroatoms. The third kappa shape index (κ3) is 4.80. The summed E-state index contributed by atoms with van der Waals surface area (Å²) in [4.78, 5) is 11.5. The molecule has 0 aliphatic carbocycles. The lowest BCUT2D eigenvalue weighted by Crippen LogP contribution is -2.40. The lowest BCUT2D eigenvalue weighted by molar-refractivity contribution is 0.0601. The van der Waals surface area contributed by atoms with Crippen molar-refractivity contribution in [2.24, 2.45) is 0 Å². The summed E-state index contributed by atoms with van der Waals surface area (Å²) in [6.07, 6.45) is 0. The van der Waals surface area contributed by atoms with E-state index in [9.17, 15) is 4.79 Å². The highest BCUT2D eigenvalue weighted by molar-refractivity contribution is 6.74. The SMILES string of the molecule is COC(=O)c1ccc(-c2ccc(CO[Si](C)(C)C(C)(C)C)cc2)cc1. The predicted molar refractivity (Wildman–Crippen MR) is 105 cm³/mol. The van der Waals surface area contributed by atoms with E-state index in [0.717, 1.165) is 11.1 Å². The third-order valence-corrected chi connectivity index (χ3v) is 9.48. The molecule has 0 amide bonds. The number of benzene rings is 2. The molecule has 0 fully saturated rings. The van der Waals surface area contributed by atoms with Crippen molar-refractivity contribution in [3.8, 4) is 11.1 Å². The molecule has 2 aromatic rings. The van der Waals surface area contributed by atoms with Gasteiger partial charge in [0.25, 0.3) is 0 Å². The average Bonchev–Trinajstić information content (AvgIpc) is 2.59. The molecule has 25 heavy (non-hydrogen) atoms. The van der Waals surface area contributed by atoms with Crippen LogP contribution in [0.1, 0.15) is 36.7 Å². The number of esters is 1. The summed E-state index contributed by atoms with van der Waals surface area (Å²) in [7, 11) is -0.340. The van der Waals surface area contributed by atoms with Crippen LogP contribution in [0.25, 0.3) is 11.1 Å². The van der Waals surface area contributed by atoms with Crippen LogP contribution in [-0.4, -0.2) is 21.4 Å². The zero-order valence-corrected chi connectivity index (χ0v) is 17.1. The highest BCUT2D eigenvalue weighted by Crippen LogP contribution is 2.37. The topological polar surface area (TPSA) is 35.5 Å². The van der Waals surface area contributed by atoms with Crippen molar-refractivity contribution < 1.29 is 14.0 Å². The normalized spacial score (nSPS) is 12.1. The van der Waals surface area contributed by atoms with Gasteiger partial charge in [-0.15, -0.1) is 0 Å². The van der Waals surface area contributed by atoms with Gasteiger partial charge in [-0.3, -0.25) is 0 Å². The molecular weight excluding hydrogens is 328 g/mol. The number of rotatable bonds is 5. The second-order valence-electron chi connectivity index (χ2n) is 7.81. The van der Waals surface area contributed by atoms with Crippen molar-refractivity contribution >= 4 is 14.3 Å². The maximum absolute atomic E-state index is 11.5. The first-order valence-electron chi connectivity index (χ1n) is 8.56. The Morgan fingerprint density at radius 3 is 1.84 bits per heavy atom. The summed E-state index contributed by atoms with van der Waals surface area (Å²) in [6.45, 7) is 11.9. The zero-order valence-electron chi connectivity index (χ0n) is 16.1. The molecule has 0 spiro atoms. The first-order chi connectivity index (χ1) is 11.6. The molecular formula is C21H28O3Si. The van der Waals surface area contributed by atoms with Crippen LogP contribution in [0, 0.1) is 0 Å². The van der Waals surface area contributed by atoms with Crippen LogP contribution in [0.4, 0.5) is 0 Å². The Bertz CT molecular complexity index is 710. The lowest BCUT2D eigenvalue weighted by Gasteiger charge is -2.36. The monoisotopic (exact) mass is 356 g/mol. The van der Waals surface area contributed by atoms with Gasteiger partial charge in [0.2, 0.25) is 0 Å². The van der Waals surface area contributed by atoms with Crippen LogP contribution in [0.2, 0.25) is 18.1 Å². The Labute approximate surface area is 152 Å². The Morgan fingerprint density at radius 2 is 1.40 bits per heavy atom. The highest BCUT2D eigenvalue weighted by atomic mass is 28.4. The molecule has 0 radical (unpaired) electrons. The molecule has 2 rings (SSSR count). The highest BCUT2D eigenvalue weighted by Gasteiger charge is 2.36. The largest absolute Gasteiger partial charge is 0.465 e. The number of carbonyl (C=O) groups is 1. The summed E-state index contributed by atoms with van der Waals surface area (Å²) in [6, 6.07) is 15.9. The van der Waals surface area contributed by atoms with Crippen LogP contribution in [0.3, 0.4) is 0 Å². The van der Waals surface area contributed by atoms with Crippen LogP contribution in [0.5, 0.6) is 0 Å². The van der Waals surface area contributed by atoms with E-state index in [0.29, 0.717) is 12.2 Å². The summed E-state index contributed by atoms with van der Waals surface area (Å²) < 4.78 is 11.0. The van der Waals surface area contributed by atoms with E-state index in [-0.39, 0.29) is 11.0 Å². The first-order valence-corrected chi connectivity index (χ1v) is 11.5. The fourth-order valence-electron chi connectivity index (χ4n) is 2.19. The molecule has 3 nitrogen and oxygen atoms in total. The van der Waals surface area contributed by atoms with Gasteiger partial charge in [-0.1, -0.05) is 57.2 Å². The quantitative estimate of drug-likeness (QED) is 0.512. The first kappa shape index (κ1) is 19.4. The molecule has 0 aliphatic heterocycles. The van der Waals surface area contributed by atoms with Crippen molar-refractivity contribution in [2.75, 3.05) is 7.11 Å². The van der Waals surface area contributed by atoms with Crippen molar-refractivity contribution in [1.82, 2.24) is 0 Å². The maximum Gasteiger partial charge on any atom is 0.337 e. The summed E-state index contributed by atoms with van der Waals surface area (Å²) in [5.41, 5.74) is 3.93. The molecule has 0 saturated carbocycles.